The Bertz CT molecular complexity index is 434. The molecule has 0 aromatic carbocycles. The van der Waals surface area contributed by atoms with Crippen LogP contribution in [0.4, 0.5) is 0 Å². The number of nitrogens with zero attached hydrogens (tertiary/aromatic N) is 3. The fourth-order valence-electron chi connectivity index (χ4n) is 1.95. The van der Waals surface area contributed by atoms with Gasteiger partial charge in [0, 0.05) is 38.6 Å². The molecular formula is C14H19N3S. The Hall–Kier alpha value is -1.39. The first kappa shape index (κ1) is 13.1. The van der Waals surface area contributed by atoms with Gasteiger partial charge >= 0.3 is 0 Å². The van der Waals surface area contributed by atoms with Crippen LogP contribution in [0, 0.1) is 0 Å². The zero-order valence-corrected chi connectivity index (χ0v) is 11.4. The summed E-state index contributed by atoms with van der Waals surface area (Å²) < 4.78 is 2.12. The first-order chi connectivity index (χ1) is 8.88. The van der Waals surface area contributed by atoms with E-state index in [1.165, 1.54) is 5.56 Å². The number of rotatable bonds is 8. The van der Waals surface area contributed by atoms with Gasteiger partial charge in [-0.1, -0.05) is 6.08 Å². The van der Waals surface area contributed by atoms with Crippen molar-refractivity contribution in [1.29, 1.82) is 0 Å². The molecule has 2 heterocycles. The lowest BCUT2D eigenvalue weighted by atomic mass is 10.3. The average Bonchev–Trinajstić information content (AvgIpc) is 3.02. The van der Waals surface area contributed by atoms with Crippen LogP contribution in [0.1, 0.15) is 12.0 Å². The number of thiophene rings is 1. The van der Waals surface area contributed by atoms with Gasteiger partial charge in [0.05, 0.1) is 6.33 Å². The second kappa shape index (κ2) is 7.13. The number of hydrogen-bond acceptors (Lipinski definition) is 3. The Labute approximate surface area is 112 Å². The van der Waals surface area contributed by atoms with E-state index in [-0.39, 0.29) is 0 Å². The molecular weight excluding hydrogens is 242 g/mol. The van der Waals surface area contributed by atoms with Gasteiger partial charge in [0.2, 0.25) is 0 Å². The van der Waals surface area contributed by atoms with Gasteiger partial charge < -0.3 is 4.57 Å². The van der Waals surface area contributed by atoms with Crippen molar-refractivity contribution in [2.45, 2.75) is 19.5 Å². The van der Waals surface area contributed by atoms with E-state index in [1.54, 1.807) is 11.3 Å². The van der Waals surface area contributed by atoms with E-state index in [2.05, 4.69) is 37.9 Å². The molecule has 0 amide bonds. The van der Waals surface area contributed by atoms with Crippen LogP contribution >= 0.6 is 11.3 Å². The summed E-state index contributed by atoms with van der Waals surface area (Å²) in [6, 6.07) is 2.19. The molecule has 2 aromatic rings. The van der Waals surface area contributed by atoms with Crippen LogP contribution in [0.15, 0.2) is 48.2 Å². The van der Waals surface area contributed by atoms with Crippen LogP contribution in [0.25, 0.3) is 0 Å². The summed E-state index contributed by atoms with van der Waals surface area (Å²) in [4.78, 5) is 6.47. The molecule has 18 heavy (non-hydrogen) atoms. The van der Waals surface area contributed by atoms with E-state index in [9.17, 15) is 0 Å². The quantitative estimate of drug-likeness (QED) is 0.681. The molecule has 3 nitrogen and oxygen atoms in total. The Morgan fingerprint density at radius 3 is 3.11 bits per heavy atom. The maximum atomic E-state index is 4.05. The standard InChI is InChI=1S/C14H19N3S/c1-2-6-16(11-14-4-10-18-12-14)7-3-8-17-9-5-15-13-17/h2,4-5,9-10,12-13H,1,3,6-8,11H2. The van der Waals surface area contributed by atoms with Gasteiger partial charge in [-0.15, -0.1) is 6.58 Å². The SMILES string of the molecule is C=CCN(CCCn1ccnc1)Cc1ccsc1. The zero-order valence-electron chi connectivity index (χ0n) is 10.5. The summed E-state index contributed by atoms with van der Waals surface area (Å²) in [5.74, 6) is 0. The second-order valence-electron chi connectivity index (χ2n) is 4.31. The summed E-state index contributed by atoms with van der Waals surface area (Å²) in [7, 11) is 0. The van der Waals surface area contributed by atoms with Crippen LogP contribution in [0.5, 0.6) is 0 Å². The van der Waals surface area contributed by atoms with Gasteiger partial charge in [0.1, 0.15) is 0 Å². The zero-order chi connectivity index (χ0) is 12.6. The maximum Gasteiger partial charge on any atom is 0.0945 e. The Kier molecular flexibility index (Phi) is 5.17. The molecule has 0 atom stereocenters. The monoisotopic (exact) mass is 261 g/mol. The molecule has 0 spiro atoms. The molecule has 0 saturated carbocycles. The molecule has 0 N–H and O–H groups in total. The normalized spacial score (nSPS) is 10.9. The minimum atomic E-state index is 0.944. The molecule has 0 saturated heterocycles. The predicted octanol–water partition coefficient (Wildman–Crippen LogP) is 3.02. The summed E-state index contributed by atoms with van der Waals surface area (Å²) in [6.45, 7) is 7.90. The molecule has 0 bridgehead atoms. The van der Waals surface area contributed by atoms with Crippen molar-refractivity contribution >= 4 is 11.3 Å². The van der Waals surface area contributed by atoms with Crippen molar-refractivity contribution in [1.82, 2.24) is 14.5 Å². The minimum Gasteiger partial charge on any atom is -0.337 e. The highest BCUT2D eigenvalue weighted by atomic mass is 32.1. The molecule has 0 aliphatic carbocycles. The van der Waals surface area contributed by atoms with Crippen LogP contribution in [0.3, 0.4) is 0 Å². The Morgan fingerprint density at radius 1 is 1.50 bits per heavy atom. The summed E-state index contributed by atoms with van der Waals surface area (Å²) in [5, 5.41) is 4.35. The molecule has 0 unspecified atom stereocenters. The number of hydrogen-bond donors (Lipinski definition) is 0. The summed E-state index contributed by atoms with van der Waals surface area (Å²) >= 11 is 1.76. The molecule has 96 valence electrons. The van der Waals surface area contributed by atoms with Crippen molar-refractivity contribution in [2.24, 2.45) is 0 Å². The molecule has 0 aliphatic rings. The lowest BCUT2D eigenvalue weighted by molar-refractivity contribution is 0.284. The third-order valence-electron chi connectivity index (χ3n) is 2.82. The highest BCUT2D eigenvalue weighted by Crippen LogP contribution is 2.10. The fraction of sp³-hybridized carbons (Fsp3) is 0.357. The number of aryl methyl sites for hydroxylation is 1. The average molecular weight is 261 g/mol. The topological polar surface area (TPSA) is 21.1 Å². The fourth-order valence-corrected chi connectivity index (χ4v) is 2.61. The number of aromatic nitrogens is 2. The maximum absolute atomic E-state index is 4.05. The summed E-state index contributed by atoms with van der Waals surface area (Å²) in [6.07, 6.45) is 8.82. The van der Waals surface area contributed by atoms with Gasteiger partial charge in [-0.05, 0) is 28.8 Å². The minimum absolute atomic E-state index is 0.944. The van der Waals surface area contributed by atoms with Gasteiger partial charge in [-0.2, -0.15) is 11.3 Å². The molecule has 0 fully saturated rings. The molecule has 4 heteroatoms. The lowest BCUT2D eigenvalue weighted by Crippen LogP contribution is -2.25. The van der Waals surface area contributed by atoms with Crippen LogP contribution in [0.2, 0.25) is 0 Å². The first-order valence-corrected chi connectivity index (χ1v) is 7.13. The van der Waals surface area contributed by atoms with Crippen LogP contribution < -0.4 is 0 Å². The van der Waals surface area contributed by atoms with E-state index in [4.69, 9.17) is 0 Å². The Morgan fingerprint density at radius 2 is 2.44 bits per heavy atom. The second-order valence-corrected chi connectivity index (χ2v) is 5.09. The van der Waals surface area contributed by atoms with Crippen molar-refractivity contribution < 1.29 is 0 Å². The number of imidazole rings is 1. The lowest BCUT2D eigenvalue weighted by Gasteiger charge is -2.20. The van der Waals surface area contributed by atoms with Crippen LogP contribution in [-0.2, 0) is 13.1 Å². The largest absolute Gasteiger partial charge is 0.337 e. The van der Waals surface area contributed by atoms with Gasteiger partial charge in [-0.3, -0.25) is 4.90 Å². The molecule has 0 radical (unpaired) electrons. The van der Waals surface area contributed by atoms with Crippen molar-refractivity contribution in [3.05, 3.63) is 53.8 Å². The first-order valence-electron chi connectivity index (χ1n) is 6.18. The third kappa shape index (κ3) is 4.13. The third-order valence-corrected chi connectivity index (χ3v) is 3.56. The van der Waals surface area contributed by atoms with E-state index < -0.39 is 0 Å². The molecule has 0 aliphatic heterocycles. The van der Waals surface area contributed by atoms with E-state index in [0.29, 0.717) is 0 Å². The highest BCUT2D eigenvalue weighted by Gasteiger charge is 2.04. The highest BCUT2D eigenvalue weighted by molar-refractivity contribution is 7.07. The Balaban J connectivity index is 1.77. The van der Waals surface area contributed by atoms with Crippen LogP contribution in [-0.4, -0.2) is 27.5 Å². The van der Waals surface area contributed by atoms with Crippen molar-refractivity contribution in [2.75, 3.05) is 13.1 Å². The van der Waals surface area contributed by atoms with Gasteiger partial charge in [-0.25, -0.2) is 4.98 Å². The van der Waals surface area contributed by atoms with E-state index in [0.717, 1.165) is 32.6 Å². The van der Waals surface area contributed by atoms with Crippen molar-refractivity contribution in [3.8, 4) is 0 Å². The summed E-state index contributed by atoms with van der Waals surface area (Å²) in [5.41, 5.74) is 1.39. The van der Waals surface area contributed by atoms with Gasteiger partial charge in [0.25, 0.3) is 0 Å². The molecule has 2 rings (SSSR count). The predicted molar refractivity (Wildman–Crippen MR) is 76.6 cm³/mol. The van der Waals surface area contributed by atoms with Crippen molar-refractivity contribution in [3.63, 3.8) is 0 Å². The smallest absolute Gasteiger partial charge is 0.0945 e. The van der Waals surface area contributed by atoms with Gasteiger partial charge in [0.15, 0.2) is 0 Å². The van der Waals surface area contributed by atoms with E-state index in [1.807, 2.05) is 24.8 Å². The van der Waals surface area contributed by atoms with E-state index >= 15 is 0 Å². The molecule has 2 aromatic heterocycles.